The van der Waals surface area contributed by atoms with Gasteiger partial charge >= 0.3 is 0 Å². The maximum atomic E-state index is 9.25. The number of β-amino-alcohol motifs (C(OH)–C–C–N with tert-alkyl or cyclic N) is 1. The number of fused-ring (bicyclic) bond motifs is 1. The number of nitrogens with zero attached hydrogens (tertiary/aromatic N) is 5. The first kappa shape index (κ1) is 22.0. The van der Waals surface area contributed by atoms with Gasteiger partial charge in [-0.2, -0.15) is 5.10 Å². The van der Waals surface area contributed by atoms with Crippen molar-refractivity contribution >= 4 is 40.1 Å². The van der Waals surface area contributed by atoms with Crippen molar-refractivity contribution < 1.29 is 5.11 Å². The van der Waals surface area contributed by atoms with Crippen LogP contribution in [-0.2, 0) is 13.0 Å². The SMILES string of the molecule is OCCN1CCCC(C2CN(c3ccc4cnn(CCc5ccc(Cl)cc5Cl)c4n3)C2)C1. The molecule has 2 aromatic heterocycles. The van der Waals surface area contributed by atoms with Gasteiger partial charge in [0.15, 0.2) is 5.65 Å². The number of benzene rings is 1. The van der Waals surface area contributed by atoms with Gasteiger partial charge in [-0.15, -0.1) is 0 Å². The number of aliphatic hydroxyl groups excluding tert-OH is 1. The maximum absolute atomic E-state index is 9.25. The Labute approximate surface area is 198 Å². The van der Waals surface area contributed by atoms with Crippen LogP contribution in [0.2, 0.25) is 10.0 Å². The molecule has 2 aliphatic rings. The van der Waals surface area contributed by atoms with Gasteiger partial charge in [0, 0.05) is 48.2 Å². The minimum absolute atomic E-state index is 0.255. The third kappa shape index (κ3) is 4.60. The first-order valence-electron chi connectivity index (χ1n) is 11.5. The lowest BCUT2D eigenvalue weighted by Gasteiger charge is -2.47. The molecule has 0 saturated carbocycles. The second-order valence-electron chi connectivity index (χ2n) is 9.03. The van der Waals surface area contributed by atoms with Crippen LogP contribution in [0, 0.1) is 11.8 Å². The standard InChI is InChI=1S/C24H29Cl2N5O/c25-21-5-3-17(22(26)12-21)7-9-31-24-18(13-27-31)4-6-23(28-24)30-15-20(16-30)19-2-1-8-29(14-19)10-11-32/h3-6,12-13,19-20,32H,1-2,7-11,14-16H2. The molecular weight excluding hydrogens is 445 g/mol. The summed E-state index contributed by atoms with van der Waals surface area (Å²) in [7, 11) is 0. The van der Waals surface area contributed by atoms with E-state index < -0.39 is 0 Å². The van der Waals surface area contributed by atoms with Gasteiger partial charge in [0.25, 0.3) is 0 Å². The van der Waals surface area contributed by atoms with Gasteiger partial charge < -0.3 is 14.9 Å². The fraction of sp³-hybridized carbons (Fsp3) is 0.500. The minimum Gasteiger partial charge on any atom is -0.395 e. The number of rotatable bonds is 7. The molecule has 0 spiro atoms. The van der Waals surface area contributed by atoms with Crippen LogP contribution in [0.4, 0.5) is 5.82 Å². The summed E-state index contributed by atoms with van der Waals surface area (Å²) < 4.78 is 1.97. The zero-order valence-electron chi connectivity index (χ0n) is 18.1. The number of hydrogen-bond donors (Lipinski definition) is 1. The predicted octanol–water partition coefficient (Wildman–Crippen LogP) is 4.12. The van der Waals surface area contributed by atoms with E-state index in [1.165, 1.54) is 12.8 Å². The van der Waals surface area contributed by atoms with Gasteiger partial charge in [-0.25, -0.2) is 9.67 Å². The highest BCUT2D eigenvalue weighted by molar-refractivity contribution is 6.35. The summed E-state index contributed by atoms with van der Waals surface area (Å²) in [4.78, 5) is 9.75. The van der Waals surface area contributed by atoms with E-state index in [0.717, 1.165) is 67.5 Å². The molecule has 1 unspecified atom stereocenters. The van der Waals surface area contributed by atoms with E-state index in [0.29, 0.717) is 22.5 Å². The lowest BCUT2D eigenvalue weighted by molar-refractivity contribution is 0.102. The molecule has 6 nitrogen and oxygen atoms in total. The molecule has 1 aromatic carbocycles. The van der Waals surface area contributed by atoms with Crippen molar-refractivity contribution in [3.05, 3.63) is 52.1 Å². The lowest BCUT2D eigenvalue weighted by Crippen LogP contribution is -2.54. The molecule has 3 aromatic rings. The molecule has 1 N–H and O–H groups in total. The van der Waals surface area contributed by atoms with E-state index in [9.17, 15) is 5.11 Å². The fourth-order valence-corrected chi connectivity index (χ4v) is 5.56. The molecule has 2 aliphatic heterocycles. The molecule has 0 aliphatic carbocycles. The molecule has 32 heavy (non-hydrogen) atoms. The largest absolute Gasteiger partial charge is 0.395 e. The van der Waals surface area contributed by atoms with Crippen LogP contribution in [-0.4, -0.2) is 64.1 Å². The Kier molecular flexibility index (Phi) is 6.56. The molecule has 0 bridgehead atoms. The summed E-state index contributed by atoms with van der Waals surface area (Å²) in [6.45, 7) is 6.13. The van der Waals surface area contributed by atoms with Crippen molar-refractivity contribution in [2.45, 2.75) is 25.8 Å². The van der Waals surface area contributed by atoms with Crippen LogP contribution in [0.15, 0.2) is 36.5 Å². The Balaban J connectivity index is 1.23. The van der Waals surface area contributed by atoms with E-state index in [4.69, 9.17) is 28.2 Å². The van der Waals surface area contributed by atoms with Gasteiger partial charge in [0.1, 0.15) is 5.82 Å². The van der Waals surface area contributed by atoms with E-state index in [1.807, 2.05) is 23.0 Å². The molecule has 2 fully saturated rings. The smallest absolute Gasteiger partial charge is 0.160 e. The number of aliphatic hydroxyl groups is 1. The zero-order chi connectivity index (χ0) is 22.1. The lowest BCUT2D eigenvalue weighted by atomic mass is 9.80. The highest BCUT2D eigenvalue weighted by atomic mass is 35.5. The summed E-state index contributed by atoms with van der Waals surface area (Å²) in [5.74, 6) is 2.47. The number of halogens is 2. The molecule has 1 atom stereocenters. The summed E-state index contributed by atoms with van der Waals surface area (Å²) >= 11 is 12.3. The molecule has 2 saturated heterocycles. The monoisotopic (exact) mass is 473 g/mol. The van der Waals surface area contributed by atoms with Crippen LogP contribution < -0.4 is 4.90 Å². The number of pyridine rings is 1. The number of aryl methyl sites for hydroxylation is 2. The molecule has 0 amide bonds. The highest BCUT2D eigenvalue weighted by Gasteiger charge is 2.36. The summed E-state index contributed by atoms with van der Waals surface area (Å²) in [6, 6.07) is 9.86. The minimum atomic E-state index is 0.255. The van der Waals surface area contributed by atoms with Gasteiger partial charge in [0.05, 0.1) is 12.8 Å². The quantitative estimate of drug-likeness (QED) is 0.559. The Morgan fingerprint density at radius 1 is 1.03 bits per heavy atom. The van der Waals surface area contributed by atoms with Crippen LogP contribution >= 0.6 is 23.2 Å². The Morgan fingerprint density at radius 2 is 1.91 bits per heavy atom. The van der Waals surface area contributed by atoms with Crippen LogP contribution in [0.3, 0.4) is 0 Å². The van der Waals surface area contributed by atoms with Crippen LogP contribution in [0.5, 0.6) is 0 Å². The van der Waals surface area contributed by atoms with E-state index in [-0.39, 0.29) is 6.61 Å². The summed E-state index contributed by atoms with van der Waals surface area (Å²) in [6.07, 6.45) is 5.19. The molecular formula is C24H29Cl2N5O. The molecule has 5 rings (SSSR count). The molecule has 0 radical (unpaired) electrons. The average molecular weight is 474 g/mol. The predicted molar refractivity (Wildman–Crippen MR) is 130 cm³/mol. The highest BCUT2D eigenvalue weighted by Crippen LogP contribution is 2.33. The second kappa shape index (κ2) is 9.56. The van der Waals surface area contributed by atoms with Crippen molar-refractivity contribution in [2.75, 3.05) is 44.2 Å². The van der Waals surface area contributed by atoms with Crippen molar-refractivity contribution in [3.63, 3.8) is 0 Å². The number of anilines is 1. The van der Waals surface area contributed by atoms with E-state index in [2.05, 4.69) is 27.0 Å². The van der Waals surface area contributed by atoms with Crippen molar-refractivity contribution in [2.24, 2.45) is 11.8 Å². The van der Waals surface area contributed by atoms with Crippen molar-refractivity contribution in [1.82, 2.24) is 19.7 Å². The third-order valence-electron chi connectivity index (χ3n) is 6.94. The molecule has 170 valence electrons. The zero-order valence-corrected chi connectivity index (χ0v) is 19.6. The van der Waals surface area contributed by atoms with Crippen LogP contribution in [0.1, 0.15) is 18.4 Å². The third-order valence-corrected chi connectivity index (χ3v) is 7.52. The average Bonchev–Trinajstić information content (AvgIpc) is 3.15. The molecule has 8 heteroatoms. The van der Waals surface area contributed by atoms with Gasteiger partial charge in [-0.3, -0.25) is 0 Å². The summed E-state index contributed by atoms with van der Waals surface area (Å²) in [5, 5.41) is 16.2. The van der Waals surface area contributed by atoms with Crippen LogP contribution in [0.25, 0.3) is 11.0 Å². The number of aromatic nitrogens is 3. The number of hydrogen-bond acceptors (Lipinski definition) is 5. The van der Waals surface area contributed by atoms with Crippen molar-refractivity contribution in [1.29, 1.82) is 0 Å². The normalized spacial score (nSPS) is 20.1. The van der Waals surface area contributed by atoms with E-state index in [1.54, 1.807) is 6.07 Å². The topological polar surface area (TPSA) is 57.4 Å². The Bertz CT molecular complexity index is 1080. The Morgan fingerprint density at radius 3 is 2.72 bits per heavy atom. The second-order valence-corrected chi connectivity index (χ2v) is 9.87. The van der Waals surface area contributed by atoms with E-state index >= 15 is 0 Å². The number of likely N-dealkylation sites (tertiary alicyclic amines) is 1. The van der Waals surface area contributed by atoms with Gasteiger partial charge in [-0.05, 0) is 67.5 Å². The van der Waals surface area contributed by atoms with Crippen molar-refractivity contribution in [3.8, 4) is 0 Å². The number of piperidine rings is 1. The summed E-state index contributed by atoms with van der Waals surface area (Å²) in [5.41, 5.74) is 1.98. The Hall–Kier alpha value is -1.86. The van der Waals surface area contributed by atoms with Gasteiger partial charge in [-0.1, -0.05) is 29.3 Å². The maximum Gasteiger partial charge on any atom is 0.160 e. The molecule has 4 heterocycles. The fourth-order valence-electron chi connectivity index (χ4n) is 5.05. The first-order valence-corrected chi connectivity index (χ1v) is 12.2. The first-order chi connectivity index (χ1) is 15.6. The van der Waals surface area contributed by atoms with Gasteiger partial charge in [0.2, 0.25) is 0 Å².